The highest BCUT2D eigenvalue weighted by atomic mass is 32.2. The number of aromatic nitrogens is 4. The number of thioether (sulfide) groups is 1. The van der Waals surface area contributed by atoms with Crippen molar-refractivity contribution in [2.45, 2.75) is 19.1 Å². The van der Waals surface area contributed by atoms with Gasteiger partial charge < -0.3 is 20.9 Å². The summed E-state index contributed by atoms with van der Waals surface area (Å²) in [4.78, 5) is 24.7. The molecular formula is C17H19N7O2S. The third kappa shape index (κ3) is 5.42. The molecule has 0 saturated carbocycles. The van der Waals surface area contributed by atoms with Gasteiger partial charge in [-0.25, -0.2) is 0 Å². The molecular weight excluding hydrogens is 366 g/mol. The Hall–Kier alpha value is -3.14. The van der Waals surface area contributed by atoms with Crippen LogP contribution in [0.25, 0.3) is 0 Å². The van der Waals surface area contributed by atoms with Crippen molar-refractivity contribution in [2.24, 2.45) is 0 Å². The molecule has 0 unspecified atom stereocenters. The molecule has 0 fully saturated rings. The summed E-state index contributed by atoms with van der Waals surface area (Å²) >= 11 is 1.38. The smallest absolute Gasteiger partial charge is 0.235 e. The van der Waals surface area contributed by atoms with Gasteiger partial charge in [-0.1, -0.05) is 23.4 Å². The number of anilines is 4. The van der Waals surface area contributed by atoms with Crippen molar-refractivity contribution in [3.05, 3.63) is 48.0 Å². The van der Waals surface area contributed by atoms with Crippen LogP contribution in [0.15, 0.2) is 40.9 Å². The van der Waals surface area contributed by atoms with Gasteiger partial charge in [0.2, 0.25) is 17.8 Å². The van der Waals surface area contributed by atoms with Crippen molar-refractivity contribution in [3.63, 3.8) is 0 Å². The van der Waals surface area contributed by atoms with Crippen LogP contribution in [0, 0.1) is 6.92 Å². The fraction of sp³-hybridized carbons (Fsp3) is 0.235. The zero-order valence-electron chi connectivity index (χ0n) is 14.8. The van der Waals surface area contributed by atoms with Crippen LogP contribution in [0.2, 0.25) is 0 Å². The fourth-order valence-electron chi connectivity index (χ4n) is 2.18. The van der Waals surface area contributed by atoms with Gasteiger partial charge in [0.15, 0.2) is 5.82 Å². The van der Waals surface area contributed by atoms with Crippen molar-refractivity contribution < 1.29 is 9.32 Å². The molecule has 27 heavy (non-hydrogen) atoms. The normalized spacial score (nSPS) is 11.8. The molecule has 0 aliphatic rings. The predicted octanol–water partition coefficient (Wildman–Crippen LogP) is 2.93. The molecule has 140 valence electrons. The van der Waals surface area contributed by atoms with E-state index < -0.39 is 0 Å². The van der Waals surface area contributed by atoms with E-state index in [2.05, 4.69) is 30.7 Å². The first-order valence-electron chi connectivity index (χ1n) is 8.18. The van der Waals surface area contributed by atoms with Gasteiger partial charge in [0.1, 0.15) is 11.6 Å². The quantitative estimate of drug-likeness (QED) is 0.561. The van der Waals surface area contributed by atoms with Gasteiger partial charge in [0.05, 0.1) is 11.0 Å². The first-order valence-corrected chi connectivity index (χ1v) is 9.23. The number of hydrogen-bond donors (Lipinski definition) is 3. The van der Waals surface area contributed by atoms with Crippen molar-refractivity contribution in [2.75, 3.05) is 22.1 Å². The second kappa shape index (κ2) is 8.49. The summed E-state index contributed by atoms with van der Waals surface area (Å²) in [5.41, 5.74) is 6.65. The van der Waals surface area contributed by atoms with Crippen molar-refractivity contribution >= 4 is 41.1 Å². The van der Waals surface area contributed by atoms with E-state index in [0.717, 1.165) is 5.69 Å². The van der Waals surface area contributed by atoms with Gasteiger partial charge in [-0.05, 0) is 26.0 Å². The largest absolute Gasteiger partial charge is 0.368 e. The Kier molecular flexibility index (Phi) is 5.87. The maximum absolute atomic E-state index is 12.0. The number of rotatable bonds is 7. The van der Waals surface area contributed by atoms with Crippen molar-refractivity contribution in [1.29, 1.82) is 0 Å². The third-order valence-electron chi connectivity index (χ3n) is 3.42. The number of aryl methyl sites for hydroxylation is 1. The molecule has 4 N–H and O–H groups in total. The van der Waals surface area contributed by atoms with E-state index >= 15 is 0 Å². The van der Waals surface area contributed by atoms with Crippen LogP contribution in [0.5, 0.6) is 0 Å². The summed E-state index contributed by atoms with van der Waals surface area (Å²) in [6.07, 6.45) is 0. The molecule has 0 aliphatic carbocycles. The first kappa shape index (κ1) is 18.6. The summed E-state index contributed by atoms with van der Waals surface area (Å²) < 4.78 is 4.92. The molecule has 3 rings (SSSR count). The number of carbonyl (C=O) groups is 1. The van der Waals surface area contributed by atoms with E-state index in [9.17, 15) is 4.79 Å². The number of para-hydroxylation sites is 1. The summed E-state index contributed by atoms with van der Waals surface area (Å²) in [7, 11) is 0. The molecule has 0 radical (unpaired) electrons. The average molecular weight is 385 g/mol. The van der Waals surface area contributed by atoms with Gasteiger partial charge in [-0.3, -0.25) is 4.79 Å². The van der Waals surface area contributed by atoms with Crippen molar-refractivity contribution in [1.82, 2.24) is 20.1 Å². The zero-order valence-corrected chi connectivity index (χ0v) is 15.7. The van der Waals surface area contributed by atoms with E-state index in [0.29, 0.717) is 23.4 Å². The van der Waals surface area contributed by atoms with Crippen LogP contribution in [0.1, 0.15) is 23.8 Å². The molecule has 0 aliphatic heterocycles. The standard InChI is InChI=1S/C17H19N7O2S/c1-10-8-13(24-26-10)20-14(25)9-27-11(2)15-21-16(18)23-17(22-15)19-12-6-4-3-5-7-12/h3-8,11H,9H2,1-2H3,(H,20,24,25)(H3,18,19,21,22,23)/t11-/m1/s1. The minimum atomic E-state index is -0.190. The van der Waals surface area contributed by atoms with E-state index in [1.54, 1.807) is 13.0 Å². The number of nitrogens with one attached hydrogen (secondary N) is 2. The molecule has 10 heteroatoms. The summed E-state index contributed by atoms with van der Waals surface area (Å²) in [5, 5.41) is 9.33. The molecule has 1 aromatic carbocycles. The monoisotopic (exact) mass is 385 g/mol. The van der Waals surface area contributed by atoms with E-state index in [4.69, 9.17) is 10.3 Å². The van der Waals surface area contributed by atoms with Crippen molar-refractivity contribution in [3.8, 4) is 0 Å². The molecule has 3 aromatic rings. The molecule has 2 aromatic heterocycles. The number of amides is 1. The van der Waals surface area contributed by atoms with Crippen LogP contribution in [0.4, 0.5) is 23.4 Å². The summed E-state index contributed by atoms with van der Waals surface area (Å²) in [5.74, 6) is 2.02. The lowest BCUT2D eigenvalue weighted by Gasteiger charge is -2.12. The maximum Gasteiger partial charge on any atom is 0.235 e. The molecule has 2 heterocycles. The first-order chi connectivity index (χ1) is 13.0. The Morgan fingerprint density at radius 2 is 2.04 bits per heavy atom. The second-order valence-corrected chi connectivity index (χ2v) is 7.02. The lowest BCUT2D eigenvalue weighted by atomic mass is 10.3. The topological polar surface area (TPSA) is 132 Å². The number of nitrogens with zero attached hydrogens (tertiary/aromatic N) is 4. The predicted molar refractivity (Wildman–Crippen MR) is 105 cm³/mol. The lowest BCUT2D eigenvalue weighted by Crippen LogP contribution is -2.15. The van der Waals surface area contributed by atoms with Crippen LogP contribution >= 0.6 is 11.8 Å². The highest BCUT2D eigenvalue weighted by Crippen LogP contribution is 2.27. The zero-order chi connectivity index (χ0) is 19.2. The Balaban J connectivity index is 1.60. The van der Waals surface area contributed by atoms with E-state index in [1.165, 1.54) is 11.8 Å². The summed E-state index contributed by atoms with van der Waals surface area (Å²) in [6.45, 7) is 3.66. The lowest BCUT2D eigenvalue weighted by molar-refractivity contribution is -0.113. The fourth-order valence-corrected chi connectivity index (χ4v) is 2.91. The number of nitrogens with two attached hydrogens (primary N) is 1. The molecule has 9 nitrogen and oxygen atoms in total. The number of nitrogen functional groups attached to an aromatic ring is 1. The minimum absolute atomic E-state index is 0.119. The molecule has 1 atom stereocenters. The number of benzene rings is 1. The molecule has 1 amide bonds. The van der Waals surface area contributed by atoms with E-state index in [-0.39, 0.29) is 22.9 Å². The Morgan fingerprint density at radius 1 is 1.26 bits per heavy atom. The van der Waals surface area contributed by atoms with Gasteiger partial charge in [-0.2, -0.15) is 15.0 Å². The molecule has 0 spiro atoms. The van der Waals surface area contributed by atoms with Gasteiger partial charge in [0, 0.05) is 11.8 Å². The molecule has 0 bridgehead atoms. The van der Waals surface area contributed by atoms with Crippen LogP contribution in [-0.2, 0) is 4.79 Å². The number of hydrogen-bond acceptors (Lipinski definition) is 9. The van der Waals surface area contributed by atoms with Gasteiger partial charge >= 0.3 is 0 Å². The highest BCUT2D eigenvalue weighted by Gasteiger charge is 2.15. The highest BCUT2D eigenvalue weighted by molar-refractivity contribution is 8.00. The van der Waals surface area contributed by atoms with E-state index in [1.807, 2.05) is 37.3 Å². The Labute approximate surface area is 160 Å². The minimum Gasteiger partial charge on any atom is -0.368 e. The molecule has 0 saturated heterocycles. The Morgan fingerprint density at radius 3 is 2.74 bits per heavy atom. The second-order valence-electron chi connectivity index (χ2n) is 5.69. The SMILES string of the molecule is Cc1cc(NC(=O)CS[C@H](C)c2nc(N)nc(Nc3ccccc3)n2)no1. The van der Waals surface area contributed by atoms with Crippen LogP contribution in [0.3, 0.4) is 0 Å². The van der Waals surface area contributed by atoms with Gasteiger partial charge in [0.25, 0.3) is 0 Å². The van der Waals surface area contributed by atoms with Gasteiger partial charge in [-0.15, -0.1) is 11.8 Å². The third-order valence-corrected chi connectivity index (χ3v) is 4.56. The summed E-state index contributed by atoms with van der Waals surface area (Å²) in [6, 6.07) is 11.2. The average Bonchev–Trinajstić information content (AvgIpc) is 3.04. The maximum atomic E-state index is 12.0. The van der Waals surface area contributed by atoms with Crippen LogP contribution in [-0.4, -0.2) is 31.8 Å². The number of carbonyl (C=O) groups excluding carboxylic acids is 1. The Bertz CT molecular complexity index is 917. The van der Waals surface area contributed by atoms with Crippen LogP contribution < -0.4 is 16.4 Å².